The fraction of sp³-hybridized carbons (Fsp3) is 0.893. The van der Waals surface area contributed by atoms with Crippen LogP contribution in [0.25, 0.3) is 0 Å². The fourth-order valence-corrected chi connectivity index (χ4v) is 4.01. The van der Waals surface area contributed by atoms with Gasteiger partial charge in [0.25, 0.3) is 0 Å². The van der Waals surface area contributed by atoms with Crippen molar-refractivity contribution in [2.24, 2.45) is 0 Å². The molecule has 4 nitrogen and oxygen atoms in total. The first-order valence-corrected chi connectivity index (χ1v) is 13.7. The lowest BCUT2D eigenvalue weighted by molar-refractivity contribution is -0.163. The summed E-state index contributed by atoms with van der Waals surface area (Å²) in [6.45, 7) is 3.84. The minimum atomic E-state index is -0.967. The van der Waals surface area contributed by atoms with Crippen molar-refractivity contribution in [2.75, 3.05) is 6.61 Å². The molecule has 0 aliphatic rings. The van der Waals surface area contributed by atoms with E-state index in [1.165, 1.54) is 109 Å². The third-order valence-electron chi connectivity index (χ3n) is 6.36. The summed E-state index contributed by atoms with van der Waals surface area (Å²) in [5.74, 6) is -0.419. The molecule has 0 amide bonds. The van der Waals surface area contributed by atoms with E-state index in [-0.39, 0.29) is 0 Å². The highest BCUT2D eigenvalue weighted by atomic mass is 16.6. The second kappa shape index (κ2) is 24.8. The Morgan fingerprint density at radius 3 is 1.28 bits per heavy atom. The van der Waals surface area contributed by atoms with Crippen molar-refractivity contribution in [3.8, 4) is 0 Å². The number of ether oxygens (including phenoxy) is 1. The quantitative estimate of drug-likeness (QED) is 0.0671. The molecule has 0 aromatic rings. The molecule has 0 aromatic heterocycles. The second-order valence-corrected chi connectivity index (χ2v) is 9.41. The van der Waals surface area contributed by atoms with E-state index >= 15 is 0 Å². The number of carbonyl (C=O) groups excluding carboxylic acids is 1. The van der Waals surface area contributed by atoms with Gasteiger partial charge in [0.15, 0.2) is 0 Å². The molecule has 0 heterocycles. The van der Waals surface area contributed by atoms with Crippen LogP contribution < -0.4 is 0 Å². The zero-order valence-corrected chi connectivity index (χ0v) is 21.4. The Bertz CT molecular complexity index is 433. The summed E-state index contributed by atoms with van der Waals surface area (Å²) >= 11 is 0. The van der Waals surface area contributed by atoms with Crippen molar-refractivity contribution < 1.29 is 19.7 Å². The molecule has 0 aliphatic carbocycles. The third-order valence-corrected chi connectivity index (χ3v) is 6.36. The fourth-order valence-electron chi connectivity index (χ4n) is 4.01. The Kier molecular flexibility index (Phi) is 24.1. The highest BCUT2D eigenvalue weighted by Gasteiger charge is 2.11. The normalized spacial score (nSPS) is 12.8. The molecule has 4 heteroatoms. The molecule has 1 unspecified atom stereocenters. The summed E-state index contributed by atoms with van der Waals surface area (Å²) in [5, 5.41) is 18.5. The van der Waals surface area contributed by atoms with Crippen LogP contribution in [0.15, 0.2) is 11.6 Å². The van der Waals surface area contributed by atoms with Gasteiger partial charge in [-0.3, -0.25) is 0 Å². The molecule has 0 aromatic carbocycles. The van der Waals surface area contributed by atoms with Crippen LogP contribution in [-0.2, 0) is 9.53 Å². The average Bonchev–Trinajstić information content (AvgIpc) is 2.79. The van der Waals surface area contributed by atoms with Crippen LogP contribution in [-0.4, -0.2) is 29.1 Å². The van der Waals surface area contributed by atoms with E-state index in [9.17, 15) is 9.90 Å². The molecule has 0 spiro atoms. The first-order chi connectivity index (χ1) is 15.6. The predicted molar refractivity (Wildman–Crippen MR) is 136 cm³/mol. The molecular formula is C28H54O4. The molecule has 0 bridgehead atoms. The predicted octanol–water partition coefficient (Wildman–Crippen LogP) is 8.00. The summed E-state index contributed by atoms with van der Waals surface area (Å²) in [6, 6.07) is 0. The van der Waals surface area contributed by atoms with Gasteiger partial charge in [0.2, 0.25) is 6.29 Å². The van der Waals surface area contributed by atoms with E-state index in [0.29, 0.717) is 18.6 Å². The van der Waals surface area contributed by atoms with Gasteiger partial charge < -0.3 is 14.9 Å². The number of aliphatic hydroxyl groups is 2. The molecule has 2 N–H and O–H groups in total. The number of allylic oxidation sites excluding steroid dienone is 1. The van der Waals surface area contributed by atoms with Crippen molar-refractivity contribution >= 4 is 5.97 Å². The summed E-state index contributed by atoms with van der Waals surface area (Å²) in [7, 11) is 0. The van der Waals surface area contributed by atoms with E-state index in [1.54, 1.807) is 19.9 Å². The maximum absolute atomic E-state index is 11.5. The topological polar surface area (TPSA) is 66.8 Å². The van der Waals surface area contributed by atoms with Crippen molar-refractivity contribution in [3.05, 3.63) is 11.6 Å². The Morgan fingerprint density at radius 1 is 0.656 bits per heavy atom. The van der Waals surface area contributed by atoms with Gasteiger partial charge in [-0.25, -0.2) is 4.79 Å². The Balaban J connectivity index is 3.18. The van der Waals surface area contributed by atoms with Gasteiger partial charge >= 0.3 is 5.97 Å². The largest absolute Gasteiger partial charge is 0.433 e. The van der Waals surface area contributed by atoms with Crippen LogP contribution >= 0.6 is 0 Å². The average molecular weight is 455 g/mol. The minimum absolute atomic E-state index is 0.353. The van der Waals surface area contributed by atoms with Crippen LogP contribution in [0, 0.1) is 0 Å². The van der Waals surface area contributed by atoms with Gasteiger partial charge in [0.05, 0.1) is 0 Å². The standard InChI is InChI=1S/C28H54O4/c1-3-26(2)28(31)32-27(30)24-22-20-18-16-14-12-10-8-6-4-5-7-9-11-13-15-17-19-21-23-25-29/h3,27,29-30H,4-25H2,1-2H3. The first-order valence-electron chi connectivity index (χ1n) is 13.7. The smallest absolute Gasteiger partial charge is 0.335 e. The van der Waals surface area contributed by atoms with E-state index in [0.717, 1.165) is 19.3 Å². The molecule has 190 valence electrons. The number of aliphatic hydroxyl groups excluding tert-OH is 2. The van der Waals surface area contributed by atoms with Crippen LogP contribution in [0.1, 0.15) is 149 Å². The Morgan fingerprint density at radius 2 is 0.969 bits per heavy atom. The van der Waals surface area contributed by atoms with Gasteiger partial charge in [-0.2, -0.15) is 0 Å². The lowest BCUT2D eigenvalue weighted by atomic mass is 10.0. The minimum Gasteiger partial charge on any atom is -0.433 e. The van der Waals surface area contributed by atoms with E-state index < -0.39 is 12.3 Å². The zero-order chi connectivity index (χ0) is 23.7. The molecule has 0 radical (unpaired) electrons. The maximum atomic E-state index is 11.5. The summed E-state index contributed by atoms with van der Waals surface area (Å²) in [5.41, 5.74) is 0.539. The van der Waals surface area contributed by atoms with Crippen molar-refractivity contribution in [3.63, 3.8) is 0 Å². The number of rotatable bonds is 24. The first kappa shape index (κ1) is 31.1. The van der Waals surface area contributed by atoms with Gasteiger partial charge in [-0.1, -0.05) is 122 Å². The highest BCUT2D eigenvalue weighted by molar-refractivity contribution is 5.87. The van der Waals surface area contributed by atoms with Crippen LogP contribution in [0.5, 0.6) is 0 Å². The molecule has 0 saturated carbocycles. The van der Waals surface area contributed by atoms with E-state index in [2.05, 4.69) is 0 Å². The zero-order valence-electron chi connectivity index (χ0n) is 21.4. The summed E-state index contributed by atoms with van der Waals surface area (Å²) < 4.78 is 4.99. The van der Waals surface area contributed by atoms with Gasteiger partial charge in [-0.15, -0.1) is 0 Å². The van der Waals surface area contributed by atoms with Crippen molar-refractivity contribution in [2.45, 2.75) is 155 Å². The van der Waals surface area contributed by atoms with Gasteiger partial charge in [0, 0.05) is 18.6 Å². The molecular weight excluding hydrogens is 400 g/mol. The monoisotopic (exact) mass is 454 g/mol. The third kappa shape index (κ3) is 22.3. The molecule has 0 fully saturated rings. The van der Waals surface area contributed by atoms with Crippen LogP contribution in [0.2, 0.25) is 0 Å². The van der Waals surface area contributed by atoms with Gasteiger partial charge in [0.1, 0.15) is 0 Å². The van der Waals surface area contributed by atoms with Crippen LogP contribution in [0.3, 0.4) is 0 Å². The Labute approximate surface area is 199 Å². The lowest BCUT2D eigenvalue weighted by Gasteiger charge is -2.12. The maximum Gasteiger partial charge on any atom is 0.335 e. The Hall–Kier alpha value is -0.870. The SMILES string of the molecule is CC=C(C)C(=O)OC(O)CCCCCCCCCCCCCCCCCCCCCCO. The molecule has 0 aliphatic heterocycles. The second-order valence-electron chi connectivity index (χ2n) is 9.41. The van der Waals surface area contributed by atoms with Crippen LogP contribution in [0.4, 0.5) is 0 Å². The number of carbonyl (C=O) groups is 1. The van der Waals surface area contributed by atoms with E-state index in [1.807, 2.05) is 0 Å². The summed E-state index contributed by atoms with van der Waals surface area (Å²) in [6.07, 6.45) is 27.2. The summed E-state index contributed by atoms with van der Waals surface area (Å²) in [4.78, 5) is 11.5. The molecule has 0 rings (SSSR count). The molecule has 1 atom stereocenters. The molecule has 0 saturated heterocycles. The lowest BCUT2D eigenvalue weighted by Crippen LogP contribution is -2.18. The van der Waals surface area contributed by atoms with Gasteiger partial charge in [-0.05, 0) is 26.7 Å². The molecule has 32 heavy (non-hydrogen) atoms. The number of hydrogen-bond donors (Lipinski definition) is 2. The number of hydrogen-bond acceptors (Lipinski definition) is 4. The number of esters is 1. The van der Waals surface area contributed by atoms with Crippen molar-refractivity contribution in [1.82, 2.24) is 0 Å². The highest BCUT2D eigenvalue weighted by Crippen LogP contribution is 2.15. The van der Waals surface area contributed by atoms with E-state index in [4.69, 9.17) is 9.84 Å². The van der Waals surface area contributed by atoms with Crippen molar-refractivity contribution in [1.29, 1.82) is 0 Å². The number of unbranched alkanes of at least 4 members (excludes halogenated alkanes) is 19.